The maximum absolute atomic E-state index is 11.5. The van der Waals surface area contributed by atoms with E-state index in [2.05, 4.69) is 17.4 Å². The molecule has 1 fully saturated rings. The highest BCUT2D eigenvalue weighted by Crippen LogP contribution is 2.34. The summed E-state index contributed by atoms with van der Waals surface area (Å²) in [4.78, 5) is 12.8. The fourth-order valence-electron chi connectivity index (χ4n) is 2.46. The Balaban J connectivity index is 1.99. The number of aliphatic hydroxyl groups excluding tert-OH is 1. The molecule has 4 heteroatoms. The Kier molecular flexibility index (Phi) is 5.49. The molecule has 1 saturated carbocycles. The zero-order valence-electron chi connectivity index (χ0n) is 12.2. The molecule has 1 amide bonds. The van der Waals surface area contributed by atoms with Crippen LogP contribution >= 0.6 is 11.8 Å². The number of anilines is 1. The van der Waals surface area contributed by atoms with Gasteiger partial charge in [-0.2, -0.15) is 0 Å². The van der Waals surface area contributed by atoms with Crippen LogP contribution in [0.2, 0.25) is 0 Å². The Labute approximate surface area is 125 Å². The molecule has 0 saturated heterocycles. The van der Waals surface area contributed by atoms with Gasteiger partial charge in [-0.3, -0.25) is 4.79 Å². The van der Waals surface area contributed by atoms with E-state index in [1.165, 1.54) is 43.9 Å². The number of thioether (sulfide) groups is 1. The second-order valence-corrected chi connectivity index (χ2v) is 6.89. The summed E-state index contributed by atoms with van der Waals surface area (Å²) in [6.07, 6.45) is 5.71. The second kappa shape index (κ2) is 7.14. The van der Waals surface area contributed by atoms with Crippen LogP contribution in [0.3, 0.4) is 0 Å². The Morgan fingerprint density at radius 3 is 2.65 bits per heavy atom. The van der Waals surface area contributed by atoms with Gasteiger partial charge >= 0.3 is 0 Å². The molecule has 1 aromatic carbocycles. The highest BCUT2D eigenvalue weighted by Gasteiger charge is 2.15. The molecule has 3 nitrogen and oxygen atoms in total. The standard InChI is InChI=1S/C16H23NO2S/c1-11-10-14(20-13-6-4-3-5-7-13)8-9-15(11)17-16(19)12(2)18/h8-10,12-13,18H,3-7H2,1-2H3,(H,17,19). The van der Waals surface area contributed by atoms with Gasteiger partial charge in [-0.1, -0.05) is 19.3 Å². The molecular weight excluding hydrogens is 270 g/mol. The van der Waals surface area contributed by atoms with E-state index in [-0.39, 0.29) is 5.91 Å². The summed E-state index contributed by atoms with van der Waals surface area (Å²) in [5, 5.41) is 12.7. The fourth-order valence-corrected chi connectivity index (χ4v) is 3.81. The number of rotatable bonds is 4. The molecule has 1 aliphatic rings. The van der Waals surface area contributed by atoms with Crippen LogP contribution < -0.4 is 5.32 Å². The van der Waals surface area contributed by atoms with Gasteiger partial charge in [0.25, 0.3) is 5.91 Å². The molecule has 0 heterocycles. The summed E-state index contributed by atoms with van der Waals surface area (Å²) in [5.74, 6) is -0.360. The van der Waals surface area contributed by atoms with Crippen molar-refractivity contribution in [3.63, 3.8) is 0 Å². The Bertz CT molecular complexity index is 468. The van der Waals surface area contributed by atoms with Crippen molar-refractivity contribution < 1.29 is 9.90 Å². The minimum Gasteiger partial charge on any atom is -0.384 e. The number of hydrogen-bond donors (Lipinski definition) is 2. The molecule has 20 heavy (non-hydrogen) atoms. The van der Waals surface area contributed by atoms with Crippen LogP contribution in [0.5, 0.6) is 0 Å². The van der Waals surface area contributed by atoms with Crippen LogP contribution in [0.4, 0.5) is 5.69 Å². The molecule has 1 aromatic rings. The number of hydrogen-bond acceptors (Lipinski definition) is 3. The first-order valence-corrected chi connectivity index (χ1v) is 8.20. The molecule has 0 aliphatic heterocycles. The second-order valence-electron chi connectivity index (χ2n) is 5.52. The fraction of sp³-hybridized carbons (Fsp3) is 0.562. The van der Waals surface area contributed by atoms with Crippen LogP contribution in [-0.4, -0.2) is 22.4 Å². The molecular formula is C16H23NO2S. The third-order valence-electron chi connectivity index (χ3n) is 3.69. The highest BCUT2D eigenvalue weighted by molar-refractivity contribution is 8.00. The number of carbonyl (C=O) groups is 1. The van der Waals surface area contributed by atoms with Gasteiger partial charge in [0.15, 0.2) is 0 Å². The molecule has 2 rings (SSSR count). The van der Waals surface area contributed by atoms with Crippen LogP contribution in [-0.2, 0) is 4.79 Å². The number of nitrogens with one attached hydrogen (secondary N) is 1. The lowest BCUT2D eigenvalue weighted by Crippen LogP contribution is -2.24. The minimum atomic E-state index is -0.981. The lowest BCUT2D eigenvalue weighted by atomic mass is 10.0. The van der Waals surface area contributed by atoms with E-state index in [0.717, 1.165) is 16.5 Å². The van der Waals surface area contributed by atoms with Crippen molar-refractivity contribution in [2.45, 2.75) is 62.2 Å². The van der Waals surface area contributed by atoms with E-state index in [1.807, 2.05) is 24.8 Å². The van der Waals surface area contributed by atoms with Crippen molar-refractivity contribution in [3.05, 3.63) is 23.8 Å². The third-order valence-corrected chi connectivity index (χ3v) is 5.02. The van der Waals surface area contributed by atoms with E-state index >= 15 is 0 Å². The van der Waals surface area contributed by atoms with Crippen LogP contribution in [0, 0.1) is 6.92 Å². The summed E-state index contributed by atoms with van der Waals surface area (Å²) in [5.41, 5.74) is 1.82. The normalized spacial score (nSPS) is 17.8. The maximum Gasteiger partial charge on any atom is 0.252 e. The zero-order chi connectivity index (χ0) is 14.5. The van der Waals surface area contributed by atoms with E-state index in [1.54, 1.807) is 0 Å². The smallest absolute Gasteiger partial charge is 0.252 e. The van der Waals surface area contributed by atoms with Gasteiger partial charge in [-0.15, -0.1) is 11.8 Å². The lowest BCUT2D eigenvalue weighted by molar-refractivity contribution is -0.123. The number of benzene rings is 1. The van der Waals surface area contributed by atoms with Gasteiger partial charge < -0.3 is 10.4 Å². The summed E-state index contributed by atoms with van der Waals surface area (Å²) in [7, 11) is 0. The molecule has 1 unspecified atom stereocenters. The Hall–Kier alpha value is -1.00. The Morgan fingerprint density at radius 2 is 2.05 bits per heavy atom. The number of aliphatic hydroxyl groups is 1. The number of carbonyl (C=O) groups excluding carboxylic acids is 1. The van der Waals surface area contributed by atoms with Crippen LogP contribution in [0.15, 0.2) is 23.1 Å². The average Bonchev–Trinajstić information content (AvgIpc) is 2.42. The summed E-state index contributed by atoms with van der Waals surface area (Å²) in [6.45, 7) is 3.46. The molecule has 0 aromatic heterocycles. The molecule has 0 radical (unpaired) electrons. The van der Waals surface area contributed by atoms with Gasteiger partial charge in [0, 0.05) is 15.8 Å². The largest absolute Gasteiger partial charge is 0.384 e. The summed E-state index contributed by atoms with van der Waals surface area (Å²) >= 11 is 1.95. The third kappa shape index (κ3) is 4.25. The quantitative estimate of drug-likeness (QED) is 0.889. The molecule has 0 bridgehead atoms. The van der Waals surface area contributed by atoms with Gasteiger partial charge in [-0.05, 0) is 50.5 Å². The van der Waals surface area contributed by atoms with Crippen molar-refractivity contribution >= 4 is 23.4 Å². The molecule has 2 N–H and O–H groups in total. The van der Waals surface area contributed by atoms with Gasteiger partial charge in [0.05, 0.1) is 0 Å². The highest BCUT2D eigenvalue weighted by atomic mass is 32.2. The van der Waals surface area contributed by atoms with E-state index in [0.29, 0.717) is 0 Å². The molecule has 1 atom stereocenters. The SMILES string of the molecule is Cc1cc(SC2CCCCC2)ccc1NC(=O)C(C)O. The van der Waals surface area contributed by atoms with Gasteiger partial charge in [0.1, 0.15) is 6.10 Å². The first kappa shape index (κ1) is 15.4. The number of aryl methyl sites for hydroxylation is 1. The summed E-state index contributed by atoms with van der Waals surface area (Å²) in [6, 6.07) is 6.11. The van der Waals surface area contributed by atoms with Crippen molar-refractivity contribution in [3.8, 4) is 0 Å². The monoisotopic (exact) mass is 293 g/mol. The van der Waals surface area contributed by atoms with Crippen molar-refractivity contribution in [1.29, 1.82) is 0 Å². The van der Waals surface area contributed by atoms with Crippen LogP contribution in [0.25, 0.3) is 0 Å². The Morgan fingerprint density at radius 1 is 1.35 bits per heavy atom. The van der Waals surface area contributed by atoms with Crippen molar-refractivity contribution in [1.82, 2.24) is 0 Å². The molecule has 110 valence electrons. The number of amides is 1. The first-order chi connectivity index (χ1) is 9.56. The predicted octanol–water partition coefficient (Wildman–Crippen LogP) is 3.74. The van der Waals surface area contributed by atoms with E-state index in [4.69, 9.17) is 0 Å². The van der Waals surface area contributed by atoms with Crippen LogP contribution in [0.1, 0.15) is 44.6 Å². The molecule has 0 spiro atoms. The van der Waals surface area contributed by atoms with Gasteiger partial charge in [-0.25, -0.2) is 0 Å². The van der Waals surface area contributed by atoms with Crippen molar-refractivity contribution in [2.75, 3.05) is 5.32 Å². The van der Waals surface area contributed by atoms with E-state index < -0.39 is 6.10 Å². The maximum atomic E-state index is 11.5. The topological polar surface area (TPSA) is 49.3 Å². The van der Waals surface area contributed by atoms with E-state index in [9.17, 15) is 9.90 Å². The minimum absolute atomic E-state index is 0.360. The first-order valence-electron chi connectivity index (χ1n) is 7.32. The zero-order valence-corrected chi connectivity index (χ0v) is 13.0. The van der Waals surface area contributed by atoms with Crippen molar-refractivity contribution in [2.24, 2.45) is 0 Å². The lowest BCUT2D eigenvalue weighted by Gasteiger charge is -2.21. The molecule has 1 aliphatic carbocycles. The predicted molar refractivity (Wildman–Crippen MR) is 84.2 cm³/mol. The van der Waals surface area contributed by atoms with Gasteiger partial charge in [0.2, 0.25) is 0 Å². The average molecular weight is 293 g/mol. The summed E-state index contributed by atoms with van der Waals surface area (Å²) < 4.78 is 0.